The van der Waals surface area contributed by atoms with Crippen molar-refractivity contribution in [3.8, 4) is 0 Å². The average Bonchev–Trinajstić information content (AvgIpc) is 2.28. The van der Waals surface area contributed by atoms with E-state index in [1.54, 1.807) is 6.92 Å². The van der Waals surface area contributed by atoms with Gasteiger partial charge in [0.05, 0.1) is 5.75 Å². The van der Waals surface area contributed by atoms with Crippen molar-refractivity contribution < 1.29 is 13.6 Å². The first kappa shape index (κ1) is 16.2. The third-order valence-corrected chi connectivity index (χ3v) is 4.33. The fourth-order valence-electron chi connectivity index (χ4n) is 1.34. The molecule has 3 N–H and O–H groups in total. The number of hydrogen-bond donors (Lipinski definition) is 2. The molecule has 7 heteroatoms. The van der Waals surface area contributed by atoms with Gasteiger partial charge in [0.25, 0.3) is 0 Å². The van der Waals surface area contributed by atoms with Gasteiger partial charge in [-0.2, -0.15) is 0 Å². The van der Waals surface area contributed by atoms with Gasteiger partial charge in [-0.1, -0.05) is 12.1 Å². The quantitative estimate of drug-likeness (QED) is 0.284. The summed E-state index contributed by atoms with van der Waals surface area (Å²) in [5.41, 5.74) is 5.38. The Morgan fingerprint density at radius 3 is 2.41 bits per heavy atom. The molecule has 0 amide bonds. The maximum atomic E-state index is 11.4. The number of nitrogens with zero attached hydrogens (tertiary/aromatic N) is 2. The van der Waals surface area contributed by atoms with Crippen LogP contribution in [0.3, 0.4) is 0 Å². The fourth-order valence-corrected chi connectivity index (χ4v) is 2.14. The highest BCUT2D eigenvalue weighted by atomic mass is 32.2. The smallest absolute Gasteiger partial charge is 0.151 e. The molecule has 0 aromatic carbocycles. The number of oxime groups is 1. The van der Waals surface area contributed by atoms with Crippen molar-refractivity contribution in [2.24, 2.45) is 10.9 Å². The van der Waals surface area contributed by atoms with Crippen LogP contribution in [-0.4, -0.2) is 55.0 Å². The Hall–Kier alpha value is -0.820. The second kappa shape index (κ2) is 7.50. The van der Waals surface area contributed by atoms with Gasteiger partial charge < -0.3 is 10.9 Å². The van der Waals surface area contributed by atoms with Gasteiger partial charge in [0.1, 0.15) is 5.84 Å². The van der Waals surface area contributed by atoms with E-state index < -0.39 is 9.84 Å². The van der Waals surface area contributed by atoms with Gasteiger partial charge in [-0.15, -0.1) is 0 Å². The van der Waals surface area contributed by atoms with Crippen LogP contribution < -0.4 is 5.73 Å². The molecule has 17 heavy (non-hydrogen) atoms. The molecular weight excluding hydrogens is 242 g/mol. The molecule has 0 saturated carbocycles. The zero-order chi connectivity index (χ0) is 13.5. The van der Waals surface area contributed by atoms with Crippen molar-refractivity contribution in [1.82, 2.24) is 4.90 Å². The highest BCUT2D eigenvalue weighted by molar-refractivity contribution is 7.91. The third kappa shape index (κ3) is 7.17. The predicted molar refractivity (Wildman–Crippen MR) is 69.1 cm³/mol. The lowest BCUT2D eigenvalue weighted by Gasteiger charge is -2.25. The van der Waals surface area contributed by atoms with E-state index in [4.69, 9.17) is 10.9 Å². The second-order valence-electron chi connectivity index (χ2n) is 4.21. The minimum Gasteiger partial charge on any atom is -0.409 e. The first-order valence-corrected chi connectivity index (χ1v) is 7.55. The van der Waals surface area contributed by atoms with E-state index in [2.05, 4.69) is 5.16 Å². The van der Waals surface area contributed by atoms with Gasteiger partial charge in [-0.05, 0) is 13.8 Å². The molecule has 0 aliphatic heterocycles. The molecule has 0 heterocycles. The van der Waals surface area contributed by atoms with Gasteiger partial charge >= 0.3 is 0 Å². The second-order valence-corrected chi connectivity index (χ2v) is 6.68. The summed E-state index contributed by atoms with van der Waals surface area (Å²) in [7, 11) is -2.94. The van der Waals surface area contributed by atoms with Crippen LogP contribution in [0, 0.1) is 0 Å². The summed E-state index contributed by atoms with van der Waals surface area (Å²) in [6, 6.07) is 0.230. The van der Waals surface area contributed by atoms with Crippen LogP contribution in [0.1, 0.15) is 27.2 Å². The average molecular weight is 265 g/mol. The summed E-state index contributed by atoms with van der Waals surface area (Å²) >= 11 is 0. The Balaban J connectivity index is 4.26. The van der Waals surface area contributed by atoms with Crippen LogP contribution >= 0.6 is 0 Å². The monoisotopic (exact) mass is 265 g/mol. The standard InChI is InChI=1S/C10H23N3O3S/c1-4-17(15,16)8-7-13(9(2)3)6-5-10(11)12-14/h9,14H,4-8H2,1-3H3,(H2,11,12). The Bertz CT molecular complexity index is 339. The molecule has 0 unspecified atom stereocenters. The van der Waals surface area contributed by atoms with Gasteiger partial charge in [0, 0.05) is 31.3 Å². The van der Waals surface area contributed by atoms with E-state index in [-0.39, 0.29) is 23.4 Å². The number of sulfone groups is 1. The third-order valence-electron chi connectivity index (χ3n) is 2.64. The summed E-state index contributed by atoms with van der Waals surface area (Å²) in [4.78, 5) is 2.01. The lowest BCUT2D eigenvalue weighted by atomic mass is 10.3. The molecule has 0 aliphatic rings. The summed E-state index contributed by atoms with van der Waals surface area (Å²) in [5, 5.41) is 11.3. The van der Waals surface area contributed by atoms with Crippen LogP contribution in [0.4, 0.5) is 0 Å². The first-order chi connectivity index (χ1) is 7.82. The largest absolute Gasteiger partial charge is 0.409 e. The SMILES string of the molecule is CCS(=O)(=O)CCN(CCC(N)=NO)C(C)C. The molecule has 0 atom stereocenters. The Morgan fingerprint density at radius 2 is 2.00 bits per heavy atom. The van der Waals surface area contributed by atoms with Crippen molar-refractivity contribution in [2.45, 2.75) is 33.2 Å². The molecule has 0 aromatic heterocycles. The maximum Gasteiger partial charge on any atom is 0.151 e. The summed E-state index contributed by atoms with van der Waals surface area (Å²) in [5.74, 6) is 0.478. The zero-order valence-electron chi connectivity index (χ0n) is 10.8. The van der Waals surface area contributed by atoms with Crippen LogP contribution in [0.2, 0.25) is 0 Å². The van der Waals surface area contributed by atoms with Gasteiger partial charge in [0.15, 0.2) is 9.84 Å². The van der Waals surface area contributed by atoms with Crippen LogP contribution in [0.5, 0.6) is 0 Å². The van der Waals surface area contributed by atoms with Crippen molar-refractivity contribution in [3.05, 3.63) is 0 Å². The number of amidine groups is 1. The van der Waals surface area contributed by atoms with Crippen molar-refractivity contribution in [3.63, 3.8) is 0 Å². The normalized spacial score (nSPS) is 13.6. The molecule has 0 rings (SSSR count). The molecule has 0 aliphatic carbocycles. The van der Waals surface area contributed by atoms with Crippen molar-refractivity contribution >= 4 is 15.7 Å². The van der Waals surface area contributed by atoms with E-state index in [1.807, 2.05) is 18.7 Å². The Morgan fingerprint density at radius 1 is 1.41 bits per heavy atom. The van der Waals surface area contributed by atoms with Crippen LogP contribution in [-0.2, 0) is 9.84 Å². The molecule has 0 aromatic rings. The van der Waals surface area contributed by atoms with Gasteiger partial charge in [0.2, 0.25) is 0 Å². The lowest BCUT2D eigenvalue weighted by Crippen LogP contribution is -2.37. The molecule has 0 saturated heterocycles. The highest BCUT2D eigenvalue weighted by Gasteiger charge is 2.14. The summed E-state index contributed by atoms with van der Waals surface area (Å²) in [6.45, 7) is 6.69. The van der Waals surface area contributed by atoms with E-state index in [1.165, 1.54) is 0 Å². The van der Waals surface area contributed by atoms with Crippen molar-refractivity contribution in [1.29, 1.82) is 0 Å². The molecular formula is C10H23N3O3S. The van der Waals surface area contributed by atoms with E-state index in [0.29, 0.717) is 19.5 Å². The number of hydrogen-bond acceptors (Lipinski definition) is 5. The van der Waals surface area contributed by atoms with Gasteiger partial charge in [-0.3, -0.25) is 4.90 Å². The molecule has 0 bridgehead atoms. The fraction of sp³-hybridized carbons (Fsp3) is 0.900. The predicted octanol–water partition coefficient (Wildman–Crippen LogP) is 0.268. The maximum absolute atomic E-state index is 11.4. The molecule has 0 fully saturated rings. The van der Waals surface area contributed by atoms with E-state index >= 15 is 0 Å². The van der Waals surface area contributed by atoms with Gasteiger partial charge in [-0.25, -0.2) is 8.42 Å². The topological polar surface area (TPSA) is 96.0 Å². The van der Waals surface area contributed by atoms with Crippen LogP contribution in [0.15, 0.2) is 5.16 Å². The van der Waals surface area contributed by atoms with E-state index in [0.717, 1.165) is 0 Å². The number of rotatable bonds is 8. The first-order valence-electron chi connectivity index (χ1n) is 5.73. The lowest BCUT2D eigenvalue weighted by molar-refractivity contribution is 0.239. The highest BCUT2D eigenvalue weighted by Crippen LogP contribution is 2.02. The minimum absolute atomic E-state index is 0.151. The Labute approximate surface area is 103 Å². The zero-order valence-corrected chi connectivity index (χ0v) is 11.6. The molecule has 0 spiro atoms. The molecule has 6 nitrogen and oxygen atoms in total. The van der Waals surface area contributed by atoms with Crippen LogP contribution in [0.25, 0.3) is 0 Å². The minimum atomic E-state index is -2.94. The molecule has 0 radical (unpaired) electrons. The Kier molecular flexibility index (Phi) is 7.13. The summed E-state index contributed by atoms with van der Waals surface area (Å²) < 4.78 is 22.8. The van der Waals surface area contributed by atoms with E-state index in [9.17, 15) is 8.42 Å². The number of nitrogens with two attached hydrogens (primary N) is 1. The summed E-state index contributed by atoms with van der Waals surface area (Å²) in [6.07, 6.45) is 0.431. The van der Waals surface area contributed by atoms with Crippen molar-refractivity contribution in [2.75, 3.05) is 24.6 Å². The molecule has 102 valence electrons.